The molecule has 1 aromatic heterocycles. The maximum atomic E-state index is 13.9. The number of hydrogen-bond donors (Lipinski definition) is 1. The Kier molecular flexibility index (Phi) is 5.87. The maximum absolute atomic E-state index is 13.9. The van der Waals surface area contributed by atoms with Crippen molar-refractivity contribution >= 4 is 59.4 Å². The van der Waals surface area contributed by atoms with Gasteiger partial charge in [-0.1, -0.05) is 28.1 Å². The number of aromatic nitrogens is 1. The summed E-state index contributed by atoms with van der Waals surface area (Å²) in [5.41, 5.74) is 1.16. The molecule has 4 nitrogen and oxygen atoms in total. The molecule has 1 aliphatic heterocycles. The van der Waals surface area contributed by atoms with Crippen LogP contribution in [0.25, 0.3) is 10.9 Å². The SMILES string of the molecule is O=S(c1ccccc1Br)n1cc(C(F)F)c2c(N3CCNCC3)cc(Br)cc21. The Hall–Kier alpha value is -1.29. The van der Waals surface area contributed by atoms with Crippen molar-refractivity contribution in [2.45, 2.75) is 11.3 Å². The van der Waals surface area contributed by atoms with E-state index in [1.54, 1.807) is 24.3 Å². The molecule has 2 heterocycles. The minimum Gasteiger partial charge on any atom is -0.368 e. The zero-order chi connectivity index (χ0) is 19.8. The molecule has 28 heavy (non-hydrogen) atoms. The van der Waals surface area contributed by atoms with Crippen LogP contribution in [0.2, 0.25) is 0 Å². The highest BCUT2D eigenvalue weighted by Gasteiger charge is 2.25. The molecule has 2 aromatic carbocycles. The molecule has 148 valence electrons. The minimum atomic E-state index is -2.66. The molecule has 4 rings (SSSR count). The molecule has 0 radical (unpaired) electrons. The topological polar surface area (TPSA) is 37.3 Å². The number of hydrogen-bond acceptors (Lipinski definition) is 3. The second-order valence-corrected chi connectivity index (χ2v) is 9.55. The van der Waals surface area contributed by atoms with Crippen molar-refractivity contribution in [2.24, 2.45) is 0 Å². The number of benzene rings is 2. The molecule has 1 saturated heterocycles. The lowest BCUT2D eigenvalue weighted by molar-refractivity contribution is 0.153. The second kappa shape index (κ2) is 8.22. The van der Waals surface area contributed by atoms with Gasteiger partial charge in [-0.3, -0.25) is 3.97 Å². The zero-order valence-corrected chi connectivity index (χ0v) is 18.7. The summed E-state index contributed by atoms with van der Waals surface area (Å²) in [6.07, 6.45) is -1.34. The van der Waals surface area contributed by atoms with Gasteiger partial charge in [-0.05, 0) is 40.2 Å². The highest BCUT2D eigenvalue weighted by Crippen LogP contribution is 2.40. The van der Waals surface area contributed by atoms with Gasteiger partial charge in [0.1, 0.15) is 0 Å². The lowest BCUT2D eigenvalue weighted by Crippen LogP contribution is -2.43. The van der Waals surface area contributed by atoms with Crippen molar-refractivity contribution in [1.29, 1.82) is 0 Å². The summed E-state index contributed by atoms with van der Waals surface area (Å²) in [7, 11) is -1.67. The first-order chi connectivity index (χ1) is 13.5. The predicted molar refractivity (Wildman–Crippen MR) is 116 cm³/mol. The number of nitrogens with one attached hydrogen (secondary N) is 1. The standard InChI is InChI=1S/C19H17Br2F2N3OS/c20-12-9-15(25-7-5-24-6-8-25)18-13(19(22)23)11-26(16(18)10-12)28(27)17-4-2-1-3-14(17)21/h1-4,9-11,19,24H,5-8H2. The molecule has 9 heteroatoms. The van der Waals surface area contributed by atoms with Gasteiger partial charge in [0.25, 0.3) is 6.43 Å². The number of rotatable bonds is 4. The van der Waals surface area contributed by atoms with E-state index in [0.717, 1.165) is 36.3 Å². The van der Waals surface area contributed by atoms with E-state index in [1.165, 1.54) is 10.2 Å². The van der Waals surface area contributed by atoms with Gasteiger partial charge in [0.05, 0.1) is 10.4 Å². The molecule has 1 unspecified atom stereocenters. The summed E-state index contributed by atoms with van der Waals surface area (Å²) in [4.78, 5) is 2.63. The Balaban J connectivity index is 1.95. The number of piperazine rings is 1. The maximum Gasteiger partial charge on any atom is 0.266 e. The first kappa shape index (κ1) is 20.0. The summed E-state index contributed by atoms with van der Waals surface area (Å²) in [6.45, 7) is 3.04. The lowest BCUT2D eigenvalue weighted by Gasteiger charge is -2.30. The number of nitrogens with zero attached hydrogens (tertiary/aromatic N) is 2. The summed E-state index contributed by atoms with van der Waals surface area (Å²) in [6, 6.07) is 10.7. The zero-order valence-electron chi connectivity index (χ0n) is 14.7. The Labute approximate surface area is 180 Å². The van der Waals surface area contributed by atoms with Gasteiger partial charge in [0.15, 0.2) is 11.0 Å². The van der Waals surface area contributed by atoms with Gasteiger partial charge in [0, 0.05) is 58.0 Å². The van der Waals surface area contributed by atoms with E-state index in [4.69, 9.17) is 0 Å². The van der Waals surface area contributed by atoms with Crippen LogP contribution in [0, 0.1) is 0 Å². The van der Waals surface area contributed by atoms with Gasteiger partial charge in [-0.15, -0.1) is 0 Å². The number of fused-ring (bicyclic) bond motifs is 1. The van der Waals surface area contributed by atoms with Crippen LogP contribution in [-0.4, -0.2) is 34.4 Å². The van der Waals surface area contributed by atoms with Crippen molar-refractivity contribution < 1.29 is 13.0 Å². The molecule has 1 atom stereocenters. The molecule has 3 aromatic rings. The number of alkyl halides is 2. The van der Waals surface area contributed by atoms with Crippen molar-refractivity contribution in [3.8, 4) is 0 Å². The monoisotopic (exact) mass is 531 g/mol. The van der Waals surface area contributed by atoms with Gasteiger partial charge >= 0.3 is 0 Å². The largest absolute Gasteiger partial charge is 0.368 e. The van der Waals surface area contributed by atoms with Crippen molar-refractivity contribution in [3.05, 3.63) is 57.1 Å². The fourth-order valence-corrected chi connectivity index (χ4v) is 5.77. The average molecular weight is 533 g/mol. The van der Waals surface area contributed by atoms with Crippen LogP contribution in [0.5, 0.6) is 0 Å². The van der Waals surface area contributed by atoms with E-state index in [0.29, 0.717) is 20.3 Å². The molecule has 0 spiro atoms. The molecule has 1 N–H and O–H groups in total. The van der Waals surface area contributed by atoms with Crippen LogP contribution in [0.3, 0.4) is 0 Å². The quantitative estimate of drug-likeness (QED) is 0.509. The van der Waals surface area contributed by atoms with Crippen LogP contribution in [0.4, 0.5) is 14.5 Å². The number of halogens is 4. The minimum absolute atomic E-state index is 0.101. The highest BCUT2D eigenvalue weighted by molar-refractivity contribution is 9.10. The molecule has 0 saturated carbocycles. The third-order valence-corrected chi connectivity index (χ3v) is 7.54. The second-order valence-electron chi connectivity index (χ2n) is 6.45. The summed E-state index contributed by atoms with van der Waals surface area (Å²) < 4.78 is 44.0. The average Bonchev–Trinajstić information content (AvgIpc) is 3.07. The Morgan fingerprint density at radius 1 is 1.11 bits per heavy atom. The molecule has 0 bridgehead atoms. The summed E-state index contributed by atoms with van der Waals surface area (Å²) in [5.74, 6) is 0. The summed E-state index contributed by atoms with van der Waals surface area (Å²) in [5, 5.41) is 3.73. The predicted octanol–water partition coefficient (Wildman–Crippen LogP) is 5.08. The van der Waals surface area contributed by atoms with Gasteiger partial charge in [-0.25, -0.2) is 13.0 Å². The molecular weight excluding hydrogens is 516 g/mol. The van der Waals surface area contributed by atoms with Gasteiger partial charge in [0.2, 0.25) is 0 Å². The van der Waals surface area contributed by atoms with Crippen molar-refractivity contribution in [1.82, 2.24) is 9.29 Å². The number of anilines is 1. The smallest absolute Gasteiger partial charge is 0.266 e. The van der Waals surface area contributed by atoms with E-state index in [9.17, 15) is 13.0 Å². The highest BCUT2D eigenvalue weighted by atomic mass is 79.9. The fraction of sp³-hybridized carbons (Fsp3) is 0.263. The van der Waals surface area contributed by atoms with Crippen molar-refractivity contribution in [3.63, 3.8) is 0 Å². The van der Waals surface area contributed by atoms with Crippen LogP contribution in [0.1, 0.15) is 12.0 Å². The first-order valence-corrected chi connectivity index (χ1v) is 11.4. The third kappa shape index (κ3) is 3.65. The van der Waals surface area contributed by atoms with E-state index in [2.05, 4.69) is 42.1 Å². The fourth-order valence-electron chi connectivity index (χ4n) is 3.46. The van der Waals surface area contributed by atoms with Crippen LogP contribution < -0.4 is 10.2 Å². The van der Waals surface area contributed by atoms with Gasteiger partial charge < -0.3 is 10.2 Å². The van der Waals surface area contributed by atoms with E-state index < -0.39 is 17.4 Å². The molecule has 0 aliphatic carbocycles. The van der Waals surface area contributed by atoms with E-state index in [1.807, 2.05) is 12.1 Å². The van der Waals surface area contributed by atoms with Crippen molar-refractivity contribution in [2.75, 3.05) is 31.1 Å². The Morgan fingerprint density at radius 3 is 2.50 bits per heavy atom. The van der Waals surface area contributed by atoms with Crippen LogP contribution in [0.15, 0.2) is 56.4 Å². The van der Waals surface area contributed by atoms with Gasteiger partial charge in [-0.2, -0.15) is 0 Å². The molecular formula is C19H17Br2F2N3OS. The Bertz CT molecular complexity index is 1050. The molecule has 0 amide bonds. The molecule has 1 fully saturated rings. The summed E-state index contributed by atoms with van der Waals surface area (Å²) >= 11 is 6.91. The lowest BCUT2D eigenvalue weighted by atomic mass is 10.1. The van der Waals surface area contributed by atoms with E-state index >= 15 is 0 Å². The van der Waals surface area contributed by atoms with E-state index in [-0.39, 0.29) is 5.56 Å². The molecule has 1 aliphatic rings. The normalized spacial score (nSPS) is 16.1. The first-order valence-electron chi connectivity index (χ1n) is 8.72. The Morgan fingerprint density at radius 2 is 1.82 bits per heavy atom. The van der Waals surface area contributed by atoms with Crippen LogP contribution >= 0.6 is 31.9 Å². The van der Waals surface area contributed by atoms with Crippen LogP contribution in [-0.2, 0) is 11.0 Å². The third-order valence-electron chi connectivity index (χ3n) is 4.74.